The van der Waals surface area contributed by atoms with E-state index in [1.807, 2.05) is 37.3 Å². The Kier molecular flexibility index (Phi) is 4.49. The van der Waals surface area contributed by atoms with Gasteiger partial charge >= 0.3 is 6.03 Å². The molecule has 0 saturated heterocycles. The lowest BCUT2D eigenvalue weighted by molar-refractivity contribution is 0.1000. The standard InChI is InChI=1S/C21H19N5O2/c1-14(18-9-2-3-10-23-18)25-13-16-7-5-11-24-20(16)26(21(25)28)17-8-4-6-15(12-17)19(22)27/h2-12,14H,13H2,1H3,(H2,22,27). The van der Waals surface area contributed by atoms with Crippen LogP contribution in [-0.4, -0.2) is 26.8 Å². The molecular formula is C21H19N5O2. The van der Waals surface area contributed by atoms with Crippen LogP contribution in [0.3, 0.4) is 0 Å². The van der Waals surface area contributed by atoms with E-state index in [1.54, 1.807) is 41.6 Å². The third kappa shape index (κ3) is 3.07. The molecule has 3 aromatic rings. The highest BCUT2D eigenvalue weighted by Crippen LogP contribution is 2.36. The molecule has 0 spiro atoms. The Hall–Kier alpha value is -3.74. The van der Waals surface area contributed by atoms with Gasteiger partial charge in [-0.3, -0.25) is 9.78 Å². The Morgan fingerprint density at radius 1 is 1.07 bits per heavy atom. The number of amides is 3. The Morgan fingerprint density at radius 2 is 1.89 bits per heavy atom. The molecule has 7 heteroatoms. The number of carbonyl (C=O) groups is 2. The van der Waals surface area contributed by atoms with Gasteiger partial charge in [0.25, 0.3) is 0 Å². The number of anilines is 2. The zero-order valence-electron chi connectivity index (χ0n) is 15.3. The van der Waals surface area contributed by atoms with Crippen LogP contribution < -0.4 is 10.6 Å². The number of hydrogen-bond donors (Lipinski definition) is 1. The molecule has 0 radical (unpaired) electrons. The summed E-state index contributed by atoms with van der Waals surface area (Å²) in [4.78, 5) is 37.1. The first-order valence-electron chi connectivity index (χ1n) is 8.91. The fourth-order valence-corrected chi connectivity index (χ4v) is 3.34. The summed E-state index contributed by atoms with van der Waals surface area (Å²) in [5, 5.41) is 0. The zero-order chi connectivity index (χ0) is 19.7. The largest absolute Gasteiger partial charge is 0.366 e. The van der Waals surface area contributed by atoms with E-state index in [-0.39, 0.29) is 12.1 Å². The molecule has 4 rings (SSSR count). The quantitative estimate of drug-likeness (QED) is 0.758. The molecule has 1 atom stereocenters. The van der Waals surface area contributed by atoms with Crippen LogP contribution in [0.5, 0.6) is 0 Å². The molecule has 1 aliphatic heterocycles. The molecule has 2 N–H and O–H groups in total. The number of nitrogens with two attached hydrogens (primary N) is 1. The highest BCUT2D eigenvalue weighted by molar-refractivity contribution is 6.02. The first-order valence-corrected chi connectivity index (χ1v) is 8.91. The molecule has 1 aromatic carbocycles. The van der Waals surface area contributed by atoms with Crippen LogP contribution >= 0.6 is 0 Å². The molecule has 1 aliphatic rings. The van der Waals surface area contributed by atoms with Crippen molar-refractivity contribution in [1.82, 2.24) is 14.9 Å². The van der Waals surface area contributed by atoms with Crippen molar-refractivity contribution in [1.29, 1.82) is 0 Å². The van der Waals surface area contributed by atoms with E-state index in [9.17, 15) is 9.59 Å². The van der Waals surface area contributed by atoms with Gasteiger partial charge in [-0.1, -0.05) is 18.2 Å². The summed E-state index contributed by atoms with van der Waals surface area (Å²) in [7, 11) is 0. The first-order chi connectivity index (χ1) is 13.6. The molecular weight excluding hydrogens is 354 g/mol. The number of benzene rings is 1. The molecule has 0 bridgehead atoms. The van der Waals surface area contributed by atoms with Gasteiger partial charge in [0.1, 0.15) is 5.82 Å². The summed E-state index contributed by atoms with van der Waals surface area (Å²) in [6.07, 6.45) is 3.36. The lowest BCUT2D eigenvalue weighted by Crippen LogP contribution is -2.46. The second-order valence-electron chi connectivity index (χ2n) is 6.58. The van der Waals surface area contributed by atoms with E-state index < -0.39 is 5.91 Å². The monoisotopic (exact) mass is 373 g/mol. The number of pyridine rings is 2. The third-order valence-electron chi connectivity index (χ3n) is 4.83. The molecule has 3 amide bonds. The fraction of sp³-hybridized carbons (Fsp3) is 0.143. The van der Waals surface area contributed by atoms with Gasteiger partial charge in [-0.15, -0.1) is 0 Å². The Labute approximate surface area is 162 Å². The Bertz CT molecular complexity index is 1040. The fourth-order valence-electron chi connectivity index (χ4n) is 3.34. The van der Waals surface area contributed by atoms with Crippen LogP contribution in [-0.2, 0) is 6.54 Å². The summed E-state index contributed by atoms with van der Waals surface area (Å²) >= 11 is 0. The highest BCUT2D eigenvalue weighted by Gasteiger charge is 2.35. The maximum Gasteiger partial charge on any atom is 0.331 e. The molecule has 2 aromatic heterocycles. The van der Waals surface area contributed by atoms with Crippen molar-refractivity contribution in [2.75, 3.05) is 4.90 Å². The molecule has 1 unspecified atom stereocenters. The Balaban J connectivity index is 1.80. The molecule has 0 aliphatic carbocycles. The average molecular weight is 373 g/mol. The smallest absolute Gasteiger partial charge is 0.331 e. The van der Waals surface area contributed by atoms with E-state index in [1.165, 1.54) is 4.90 Å². The second kappa shape index (κ2) is 7.11. The van der Waals surface area contributed by atoms with E-state index in [2.05, 4.69) is 9.97 Å². The van der Waals surface area contributed by atoms with Crippen molar-refractivity contribution in [2.24, 2.45) is 5.73 Å². The summed E-state index contributed by atoms with van der Waals surface area (Å²) < 4.78 is 0. The second-order valence-corrected chi connectivity index (χ2v) is 6.58. The van der Waals surface area contributed by atoms with E-state index >= 15 is 0 Å². The van der Waals surface area contributed by atoms with E-state index in [4.69, 9.17) is 5.73 Å². The topological polar surface area (TPSA) is 92.4 Å². The van der Waals surface area contributed by atoms with Crippen LogP contribution in [0, 0.1) is 0 Å². The SMILES string of the molecule is CC(c1ccccn1)N1Cc2cccnc2N(c2cccc(C(N)=O)c2)C1=O. The van der Waals surface area contributed by atoms with Gasteiger partial charge in [-0.2, -0.15) is 0 Å². The molecule has 0 fully saturated rings. The normalized spacial score (nSPS) is 14.5. The minimum atomic E-state index is -0.550. The summed E-state index contributed by atoms with van der Waals surface area (Å²) in [6, 6.07) is 15.6. The third-order valence-corrected chi connectivity index (χ3v) is 4.83. The molecule has 28 heavy (non-hydrogen) atoms. The number of primary amides is 1. The maximum atomic E-state index is 13.5. The van der Waals surface area contributed by atoms with Gasteiger partial charge in [0, 0.05) is 23.5 Å². The van der Waals surface area contributed by atoms with Crippen LogP contribution in [0.2, 0.25) is 0 Å². The van der Waals surface area contributed by atoms with Crippen LogP contribution in [0.15, 0.2) is 67.0 Å². The number of rotatable bonds is 4. The number of fused-ring (bicyclic) bond motifs is 1. The van der Waals surface area contributed by atoms with Gasteiger partial charge in [0.2, 0.25) is 5.91 Å². The average Bonchev–Trinajstić information content (AvgIpc) is 2.73. The predicted molar refractivity (Wildman–Crippen MR) is 105 cm³/mol. The minimum absolute atomic E-state index is 0.231. The maximum absolute atomic E-state index is 13.5. The molecule has 0 saturated carbocycles. The lowest BCUT2D eigenvalue weighted by Gasteiger charge is -2.39. The molecule has 3 heterocycles. The number of aromatic nitrogens is 2. The van der Waals surface area contributed by atoms with Crippen molar-refractivity contribution >= 4 is 23.4 Å². The number of carbonyl (C=O) groups excluding carboxylic acids is 2. The Morgan fingerprint density at radius 3 is 2.64 bits per heavy atom. The van der Waals surface area contributed by atoms with Gasteiger partial charge in [-0.05, 0) is 43.3 Å². The van der Waals surface area contributed by atoms with Crippen molar-refractivity contribution in [3.8, 4) is 0 Å². The first kappa shape index (κ1) is 17.7. The van der Waals surface area contributed by atoms with E-state index in [0.717, 1.165) is 11.3 Å². The van der Waals surface area contributed by atoms with Gasteiger partial charge in [0.05, 0.1) is 24.0 Å². The van der Waals surface area contributed by atoms with Crippen molar-refractivity contribution < 1.29 is 9.59 Å². The molecule has 140 valence electrons. The van der Waals surface area contributed by atoms with Crippen molar-refractivity contribution in [3.63, 3.8) is 0 Å². The van der Waals surface area contributed by atoms with E-state index in [0.29, 0.717) is 23.6 Å². The number of urea groups is 1. The van der Waals surface area contributed by atoms with Gasteiger partial charge < -0.3 is 10.6 Å². The highest BCUT2D eigenvalue weighted by atomic mass is 16.2. The van der Waals surface area contributed by atoms with Crippen molar-refractivity contribution in [3.05, 3.63) is 83.8 Å². The lowest BCUT2D eigenvalue weighted by atomic mass is 10.1. The molecule has 7 nitrogen and oxygen atoms in total. The summed E-state index contributed by atoms with van der Waals surface area (Å²) in [5.41, 5.74) is 8.00. The number of hydrogen-bond acceptors (Lipinski definition) is 4. The van der Waals surface area contributed by atoms with Crippen LogP contribution in [0.25, 0.3) is 0 Å². The summed E-state index contributed by atoms with van der Waals surface area (Å²) in [5.74, 6) is 0.00449. The van der Waals surface area contributed by atoms with Crippen LogP contribution in [0.4, 0.5) is 16.3 Å². The zero-order valence-corrected chi connectivity index (χ0v) is 15.3. The number of nitrogens with zero attached hydrogens (tertiary/aromatic N) is 4. The predicted octanol–water partition coefficient (Wildman–Crippen LogP) is 3.41. The summed E-state index contributed by atoms with van der Waals surface area (Å²) in [6.45, 7) is 2.37. The minimum Gasteiger partial charge on any atom is -0.366 e. The van der Waals surface area contributed by atoms with Gasteiger partial charge in [-0.25, -0.2) is 14.7 Å². The van der Waals surface area contributed by atoms with Crippen molar-refractivity contribution in [2.45, 2.75) is 19.5 Å². The van der Waals surface area contributed by atoms with Crippen LogP contribution in [0.1, 0.15) is 34.6 Å². The van der Waals surface area contributed by atoms with Gasteiger partial charge in [0.15, 0.2) is 0 Å².